The highest BCUT2D eigenvalue weighted by Crippen LogP contribution is 2.29. The summed E-state index contributed by atoms with van der Waals surface area (Å²) in [6, 6.07) is 22.9. The Balaban J connectivity index is 1.59. The fourth-order valence-corrected chi connectivity index (χ4v) is 4.04. The molecule has 0 aliphatic rings. The van der Waals surface area contributed by atoms with Crippen LogP contribution in [-0.4, -0.2) is 21.7 Å². The topological polar surface area (TPSA) is 84.6 Å². The number of rotatable bonds is 10. The molecule has 7 heteroatoms. The van der Waals surface area contributed by atoms with Gasteiger partial charge in [0.2, 0.25) is 5.89 Å². The molecule has 1 heterocycles. The molecule has 0 amide bonds. The Bertz CT molecular complexity index is 1250. The van der Waals surface area contributed by atoms with Crippen molar-refractivity contribution < 1.29 is 19.1 Å². The van der Waals surface area contributed by atoms with Gasteiger partial charge in [-0.05, 0) is 74.2 Å². The molecule has 6 nitrogen and oxygen atoms in total. The van der Waals surface area contributed by atoms with Gasteiger partial charge in [-0.1, -0.05) is 54.9 Å². The van der Waals surface area contributed by atoms with Gasteiger partial charge >= 0.3 is 5.97 Å². The third-order valence-corrected chi connectivity index (χ3v) is 6.19. The van der Waals surface area contributed by atoms with E-state index in [9.17, 15) is 9.90 Å². The van der Waals surface area contributed by atoms with E-state index >= 15 is 0 Å². The molecule has 0 radical (unpaired) electrons. The van der Waals surface area contributed by atoms with Gasteiger partial charge in [-0.2, -0.15) is 0 Å². The molecule has 0 spiro atoms. The lowest BCUT2D eigenvalue weighted by molar-refractivity contribution is -0.152. The SMILES string of the molecule is CCC(NC(Cc1ccc(Cl)cc1)c1nc2ccccc2o1)c1ccc(OC(C)(C)C(=O)O)cc1. The summed E-state index contributed by atoms with van der Waals surface area (Å²) >= 11 is 6.09. The summed E-state index contributed by atoms with van der Waals surface area (Å²) in [5.74, 6) is 0.119. The highest BCUT2D eigenvalue weighted by molar-refractivity contribution is 6.30. The molecule has 1 aromatic heterocycles. The molecule has 2 N–H and O–H groups in total. The van der Waals surface area contributed by atoms with Crippen LogP contribution < -0.4 is 10.1 Å². The summed E-state index contributed by atoms with van der Waals surface area (Å²) in [6.07, 6.45) is 1.51. The van der Waals surface area contributed by atoms with Crippen molar-refractivity contribution in [3.63, 3.8) is 0 Å². The number of halogens is 1. The van der Waals surface area contributed by atoms with Gasteiger partial charge in [0.05, 0.1) is 6.04 Å². The number of para-hydroxylation sites is 2. The van der Waals surface area contributed by atoms with Gasteiger partial charge in [0.1, 0.15) is 11.3 Å². The van der Waals surface area contributed by atoms with Gasteiger partial charge in [0.25, 0.3) is 0 Å². The summed E-state index contributed by atoms with van der Waals surface area (Å²) in [7, 11) is 0. The average molecular weight is 493 g/mol. The van der Waals surface area contributed by atoms with Crippen molar-refractivity contribution in [2.75, 3.05) is 0 Å². The van der Waals surface area contributed by atoms with Crippen LogP contribution in [0.15, 0.2) is 77.2 Å². The molecule has 0 saturated heterocycles. The van der Waals surface area contributed by atoms with Crippen molar-refractivity contribution in [2.45, 2.75) is 51.3 Å². The second-order valence-corrected chi connectivity index (χ2v) is 9.45. The zero-order chi connectivity index (χ0) is 25.0. The first-order valence-electron chi connectivity index (χ1n) is 11.6. The highest BCUT2D eigenvalue weighted by Gasteiger charge is 2.29. The Labute approximate surface area is 209 Å². The lowest BCUT2D eigenvalue weighted by Crippen LogP contribution is -2.37. The Kier molecular flexibility index (Phi) is 7.43. The molecule has 2 atom stereocenters. The van der Waals surface area contributed by atoms with Gasteiger partial charge in [-0.25, -0.2) is 9.78 Å². The summed E-state index contributed by atoms with van der Waals surface area (Å²) < 4.78 is 11.8. The van der Waals surface area contributed by atoms with Gasteiger partial charge in [-0.15, -0.1) is 0 Å². The first-order chi connectivity index (χ1) is 16.7. The maximum atomic E-state index is 11.4. The number of oxazole rings is 1. The van der Waals surface area contributed by atoms with Gasteiger partial charge in [0, 0.05) is 11.1 Å². The van der Waals surface area contributed by atoms with E-state index in [0.29, 0.717) is 23.1 Å². The zero-order valence-corrected chi connectivity index (χ0v) is 20.8. The first-order valence-corrected chi connectivity index (χ1v) is 12.0. The lowest BCUT2D eigenvalue weighted by Gasteiger charge is -2.25. The number of aromatic nitrogens is 1. The molecule has 0 fully saturated rings. The van der Waals surface area contributed by atoms with Crippen LogP contribution in [0.5, 0.6) is 5.75 Å². The van der Waals surface area contributed by atoms with Crippen LogP contribution in [0.3, 0.4) is 0 Å². The molecule has 0 aliphatic heterocycles. The predicted octanol–water partition coefficient (Wildman–Crippen LogP) is 6.75. The van der Waals surface area contributed by atoms with Gasteiger partial charge in [-0.3, -0.25) is 5.32 Å². The molecular weight excluding hydrogens is 464 g/mol. The van der Waals surface area contributed by atoms with Gasteiger partial charge < -0.3 is 14.3 Å². The minimum Gasteiger partial charge on any atom is -0.478 e. The number of nitrogens with zero attached hydrogens (tertiary/aromatic N) is 1. The van der Waals surface area contributed by atoms with Crippen LogP contribution in [0.25, 0.3) is 11.1 Å². The van der Waals surface area contributed by atoms with E-state index in [-0.39, 0.29) is 12.1 Å². The van der Waals surface area contributed by atoms with Crippen LogP contribution in [0.2, 0.25) is 5.02 Å². The Morgan fingerprint density at radius 1 is 1.06 bits per heavy atom. The second kappa shape index (κ2) is 10.5. The molecule has 4 rings (SSSR count). The predicted molar refractivity (Wildman–Crippen MR) is 137 cm³/mol. The summed E-state index contributed by atoms with van der Waals surface area (Å²) in [5, 5.41) is 13.7. The van der Waals surface area contributed by atoms with E-state index in [1.165, 1.54) is 13.8 Å². The van der Waals surface area contributed by atoms with Crippen LogP contribution in [0.4, 0.5) is 0 Å². The van der Waals surface area contributed by atoms with E-state index in [2.05, 4.69) is 12.2 Å². The third kappa shape index (κ3) is 6.02. The van der Waals surface area contributed by atoms with Crippen LogP contribution in [0.1, 0.15) is 56.3 Å². The van der Waals surface area contributed by atoms with Crippen molar-refractivity contribution in [1.82, 2.24) is 10.3 Å². The Morgan fingerprint density at radius 2 is 1.74 bits per heavy atom. The maximum absolute atomic E-state index is 11.4. The molecule has 0 aliphatic carbocycles. The highest BCUT2D eigenvalue weighted by atomic mass is 35.5. The van der Waals surface area contributed by atoms with Crippen LogP contribution in [0, 0.1) is 0 Å². The number of fused-ring (bicyclic) bond motifs is 1. The number of ether oxygens (including phenoxy) is 1. The van der Waals surface area contributed by atoms with E-state index in [4.69, 9.17) is 25.7 Å². The summed E-state index contributed by atoms with van der Waals surface area (Å²) in [5.41, 5.74) is 2.44. The maximum Gasteiger partial charge on any atom is 0.347 e. The van der Waals surface area contributed by atoms with E-state index in [1.807, 2.05) is 60.7 Å². The van der Waals surface area contributed by atoms with Gasteiger partial charge in [0.15, 0.2) is 11.2 Å². The quantitative estimate of drug-likeness (QED) is 0.255. The fourth-order valence-electron chi connectivity index (χ4n) is 3.91. The number of benzene rings is 3. The number of carbonyl (C=O) groups is 1. The van der Waals surface area contributed by atoms with Crippen LogP contribution >= 0.6 is 11.6 Å². The molecule has 0 saturated carbocycles. The number of hydrogen-bond acceptors (Lipinski definition) is 5. The number of hydrogen-bond donors (Lipinski definition) is 2. The minimum atomic E-state index is -1.30. The second-order valence-electron chi connectivity index (χ2n) is 9.02. The fraction of sp³-hybridized carbons (Fsp3) is 0.286. The van der Waals surface area contributed by atoms with Crippen molar-refractivity contribution in [3.05, 3.63) is 94.8 Å². The lowest BCUT2D eigenvalue weighted by atomic mass is 10.00. The van der Waals surface area contributed by atoms with Crippen LogP contribution in [-0.2, 0) is 11.2 Å². The van der Waals surface area contributed by atoms with Crippen molar-refractivity contribution >= 4 is 28.7 Å². The number of carboxylic acid groups (broad SMARTS) is 1. The average Bonchev–Trinajstić information content (AvgIpc) is 3.27. The Hall–Kier alpha value is -3.35. The van der Waals surface area contributed by atoms with E-state index < -0.39 is 11.6 Å². The third-order valence-electron chi connectivity index (χ3n) is 5.94. The van der Waals surface area contributed by atoms with Crippen molar-refractivity contribution in [1.29, 1.82) is 0 Å². The molecular formula is C28H29ClN2O4. The minimum absolute atomic E-state index is 0.0175. The zero-order valence-electron chi connectivity index (χ0n) is 20.0. The molecule has 182 valence electrons. The smallest absolute Gasteiger partial charge is 0.347 e. The number of aliphatic carboxylic acids is 1. The molecule has 3 aromatic carbocycles. The van der Waals surface area contributed by atoms with Crippen molar-refractivity contribution in [3.8, 4) is 5.75 Å². The monoisotopic (exact) mass is 492 g/mol. The van der Waals surface area contributed by atoms with Crippen molar-refractivity contribution in [2.24, 2.45) is 0 Å². The largest absolute Gasteiger partial charge is 0.478 e. The molecule has 35 heavy (non-hydrogen) atoms. The molecule has 4 aromatic rings. The molecule has 0 bridgehead atoms. The first kappa shape index (κ1) is 24.8. The summed E-state index contributed by atoms with van der Waals surface area (Å²) in [6.45, 7) is 5.17. The summed E-state index contributed by atoms with van der Waals surface area (Å²) in [4.78, 5) is 16.1. The number of nitrogens with one attached hydrogen (secondary N) is 1. The standard InChI is InChI=1S/C28H29ClN2O4/c1-4-22(19-11-15-21(16-12-19)35-28(2,3)27(32)33)30-24(17-18-9-13-20(29)14-10-18)26-31-23-7-5-6-8-25(23)34-26/h5-16,22,24,30H,4,17H2,1-3H3,(H,32,33). The molecule has 2 unspecified atom stereocenters. The normalized spacial score (nSPS) is 13.5. The Morgan fingerprint density at radius 3 is 2.37 bits per heavy atom. The number of carboxylic acids is 1. The van der Waals surface area contributed by atoms with E-state index in [1.54, 1.807) is 12.1 Å². The van der Waals surface area contributed by atoms with E-state index in [0.717, 1.165) is 28.6 Å².